The van der Waals surface area contributed by atoms with E-state index in [4.69, 9.17) is 15.6 Å². The number of amides is 1. The van der Waals surface area contributed by atoms with E-state index >= 15 is 0 Å². The summed E-state index contributed by atoms with van der Waals surface area (Å²) in [5, 5.41) is 4.78. The fourth-order valence-electron chi connectivity index (χ4n) is 3.28. The van der Waals surface area contributed by atoms with Crippen LogP contribution < -0.4 is 10.5 Å². The lowest BCUT2D eigenvalue weighted by Crippen LogP contribution is -2.10. The third-order valence-electron chi connectivity index (χ3n) is 4.53. The molecule has 126 valence electrons. The Labute approximate surface area is 146 Å². The highest BCUT2D eigenvalue weighted by atomic mass is 16.5. The average molecular weight is 333 g/mol. The number of carbonyl (C=O) groups is 1. The van der Waals surface area contributed by atoms with Crippen LogP contribution >= 0.6 is 0 Å². The summed E-state index contributed by atoms with van der Waals surface area (Å²) in [4.78, 5) is 11.1. The number of hydrogen-bond donors (Lipinski definition) is 1. The number of primary amides is 1. The number of fused-ring (bicyclic) bond motifs is 1. The van der Waals surface area contributed by atoms with Crippen molar-refractivity contribution in [3.05, 3.63) is 77.1 Å². The number of nitrogens with two attached hydrogens (primary N) is 1. The second-order valence-electron chi connectivity index (χ2n) is 6.15. The Morgan fingerprint density at radius 1 is 1.08 bits per heavy atom. The maximum Gasteiger partial charge on any atom is 0.248 e. The maximum absolute atomic E-state index is 11.1. The molecule has 1 aliphatic carbocycles. The van der Waals surface area contributed by atoms with E-state index in [1.165, 1.54) is 11.3 Å². The Morgan fingerprint density at radius 2 is 1.84 bits per heavy atom. The van der Waals surface area contributed by atoms with Gasteiger partial charge in [0.25, 0.3) is 0 Å². The van der Waals surface area contributed by atoms with E-state index in [0.717, 1.165) is 30.6 Å². The highest BCUT2D eigenvalue weighted by molar-refractivity contribution is 5.92. The van der Waals surface area contributed by atoms with Crippen LogP contribution in [0.1, 0.15) is 33.7 Å². The molecule has 2 N–H and O–H groups in total. The van der Waals surface area contributed by atoms with Crippen molar-refractivity contribution < 1.29 is 9.53 Å². The number of para-hydroxylation sites is 1. The van der Waals surface area contributed by atoms with Gasteiger partial charge in [-0.3, -0.25) is 4.79 Å². The van der Waals surface area contributed by atoms with E-state index in [9.17, 15) is 4.79 Å². The standard InChI is InChI=1S/C20H19N3O2/c21-20(24)14-9-11-16(12-10-14)25-13-18-17-7-4-8-19(17)23(22-18)15-5-2-1-3-6-15/h1-3,5-6,9-12H,4,7-8,13H2,(H2,21,24). The van der Waals surface area contributed by atoms with Crippen LogP contribution in [-0.2, 0) is 19.4 Å². The fourth-order valence-corrected chi connectivity index (χ4v) is 3.28. The van der Waals surface area contributed by atoms with Crippen molar-refractivity contribution >= 4 is 5.91 Å². The second-order valence-corrected chi connectivity index (χ2v) is 6.15. The van der Waals surface area contributed by atoms with Crippen LogP contribution in [0.4, 0.5) is 0 Å². The van der Waals surface area contributed by atoms with Gasteiger partial charge >= 0.3 is 0 Å². The van der Waals surface area contributed by atoms with Crippen LogP contribution in [0.3, 0.4) is 0 Å². The Kier molecular flexibility index (Phi) is 3.98. The van der Waals surface area contributed by atoms with Crippen LogP contribution in [0.25, 0.3) is 5.69 Å². The molecule has 3 aromatic rings. The smallest absolute Gasteiger partial charge is 0.248 e. The van der Waals surface area contributed by atoms with Crippen molar-refractivity contribution in [1.29, 1.82) is 0 Å². The minimum Gasteiger partial charge on any atom is -0.487 e. The first-order chi connectivity index (χ1) is 12.2. The minimum absolute atomic E-state index is 0.415. The van der Waals surface area contributed by atoms with Crippen LogP contribution in [-0.4, -0.2) is 15.7 Å². The molecule has 0 saturated heterocycles. The molecular formula is C20H19N3O2. The van der Waals surface area contributed by atoms with E-state index in [0.29, 0.717) is 17.9 Å². The molecule has 1 heterocycles. The number of carbonyl (C=O) groups excluding carboxylic acids is 1. The van der Waals surface area contributed by atoms with Gasteiger partial charge in [-0.25, -0.2) is 4.68 Å². The molecule has 25 heavy (non-hydrogen) atoms. The Morgan fingerprint density at radius 3 is 2.56 bits per heavy atom. The summed E-state index contributed by atoms with van der Waals surface area (Å²) in [6.07, 6.45) is 3.24. The molecule has 0 aliphatic heterocycles. The number of hydrogen-bond acceptors (Lipinski definition) is 3. The summed E-state index contributed by atoms with van der Waals surface area (Å²) in [7, 11) is 0. The first kappa shape index (κ1) is 15.4. The molecule has 1 aromatic heterocycles. The van der Waals surface area contributed by atoms with Gasteiger partial charge in [0.05, 0.1) is 5.69 Å². The molecular weight excluding hydrogens is 314 g/mol. The van der Waals surface area contributed by atoms with Crippen LogP contribution in [0.5, 0.6) is 5.75 Å². The SMILES string of the molecule is NC(=O)c1ccc(OCc2nn(-c3ccccc3)c3c2CCC3)cc1. The predicted octanol–water partition coefficient (Wildman–Crippen LogP) is 3.04. The number of ether oxygens (including phenoxy) is 1. The lowest BCUT2D eigenvalue weighted by atomic mass is 10.2. The van der Waals surface area contributed by atoms with Crippen LogP contribution in [0, 0.1) is 0 Å². The van der Waals surface area contributed by atoms with Crippen molar-refractivity contribution in [3.63, 3.8) is 0 Å². The molecule has 1 amide bonds. The summed E-state index contributed by atoms with van der Waals surface area (Å²) in [5.74, 6) is 0.261. The Balaban J connectivity index is 1.56. The summed E-state index contributed by atoms with van der Waals surface area (Å²) in [5.41, 5.74) is 10.4. The molecule has 0 unspecified atom stereocenters. The van der Waals surface area contributed by atoms with Gasteiger partial charge in [0, 0.05) is 16.8 Å². The number of benzene rings is 2. The molecule has 5 heteroatoms. The number of rotatable bonds is 5. The lowest BCUT2D eigenvalue weighted by Gasteiger charge is -2.06. The van der Waals surface area contributed by atoms with Crippen molar-refractivity contribution in [2.24, 2.45) is 5.73 Å². The molecule has 0 fully saturated rings. The van der Waals surface area contributed by atoms with Crippen LogP contribution in [0.15, 0.2) is 54.6 Å². The van der Waals surface area contributed by atoms with Gasteiger partial charge in [-0.2, -0.15) is 5.10 Å². The minimum atomic E-state index is -0.439. The first-order valence-corrected chi connectivity index (χ1v) is 8.40. The number of aromatic nitrogens is 2. The monoisotopic (exact) mass is 333 g/mol. The summed E-state index contributed by atoms with van der Waals surface area (Å²) in [6, 6.07) is 17.0. The maximum atomic E-state index is 11.1. The van der Waals surface area contributed by atoms with Crippen molar-refractivity contribution in [1.82, 2.24) is 9.78 Å². The lowest BCUT2D eigenvalue weighted by molar-refractivity contribution is 0.1000. The van der Waals surface area contributed by atoms with Gasteiger partial charge < -0.3 is 10.5 Å². The molecule has 4 rings (SSSR count). The first-order valence-electron chi connectivity index (χ1n) is 8.40. The second kappa shape index (κ2) is 6.43. The molecule has 2 aromatic carbocycles. The normalized spacial score (nSPS) is 12.8. The zero-order chi connectivity index (χ0) is 17.2. The quantitative estimate of drug-likeness (QED) is 0.780. The summed E-state index contributed by atoms with van der Waals surface area (Å²) in [6.45, 7) is 0.415. The summed E-state index contributed by atoms with van der Waals surface area (Å²) >= 11 is 0. The van der Waals surface area contributed by atoms with E-state index < -0.39 is 5.91 Å². The van der Waals surface area contributed by atoms with E-state index in [2.05, 4.69) is 12.1 Å². The third kappa shape index (κ3) is 3.01. The van der Waals surface area contributed by atoms with E-state index in [-0.39, 0.29) is 0 Å². The van der Waals surface area contributed by atoms with Gasteiger partial charge in [-0.05, 0) is 55.7 Å². The molecule has 0 atom stereocenters. The molecule has 1 aliphatic rings. The Bertz CT molecular complexity index is 899. The third-order valence-corrected chi connectivity index (χ3v) is 4.53. The molecule has 0 spiro atoms. The Hall–Kier alpha value is -3.08. The van der Waals surface area contributed by atoms with Crippen LogP contribution in [0.2, 0.25) is 0 Å². The van der Waals surface area contributed by atoms with Gasteiger partial charge in [0.1, 0.15) is 18.1 Å². The van der Waals surface area contributed by atoms with Crippen molar-refractivity contribution in [3.8, 4) is 11.4 Å². The van der Waals surface area contributed by atoms with Gasteiger partial charge in [0.15, 0.2) is 0 Å². The summed E-state index contributed by atoms with van der Waals surface area (Å²) < 4.78 is 7.91. The largest absolute Gasteiger partial charge is 0.487 e. The van der Waals surface area contributed by atoms with E-state index in [1.807, 2.05) is 22.9 Å². The van der Waals surface area contributed by atoms with Gasteiger partial charge in [0.2, 0.25) is 5.91 Å². The molecule has 0 saturated carbocycles. The van der Waals surface area contributed by atoms with E-state index in [1.54, 1.807) is 24.3 Å². The molecule has 0 radical (unpaired) electrons. The zero-order valence-corrected chi connectivity index (χ0v) is 13.8. The molecule has 0 bridgehead atoms. The van der Waals surface area contributed by atoms with Crippen molar-refractivity contribution in [2.75, 3.05) is 0 Å². The predicted molar refractivity (Wildman–Crippen MR) is 94.9 cm³/mol. The molecule has 5 nitrogen and oxygen atoms in total. The highest BCUT2D eigenvalue weighted by Gasteiger charge is 2.23. The number of nitrogens with zero attached hydrogens (tertiary/aromatic N) is 2. The van der Waals surface area contributed by atoms with Gasteiger partial charge in [-0.1, -0.05) is 18.2 Å². The topological polar surface area (TPSA) is 70.1 Å². The van der Waals surface area contributed by atoms with Crippen molar-refractivity contribution in [2.45, 2.75) is 25.9 Å². The average Bonchev–Trinajstić information content (AvgIpc) is 3.24. The zero-order valence-electron chi connectivity index (χ0n) is 13.8. The highest BCUT2D eigenvalue weighted by Crippen LogP contribution is 2.28. The fraction of sp³-hybridized carbons (Fsp3) is 0.200. The van der Waals surface area contributed by atoms with Gasteiger partial charge in [-0.15, -0.1) is 0 Å².